The second-order valence-corrected chi connectivity index (χ2v) is 5.80. The fourth-order valence-corrected chi connectivity index (χ4v) is 2.80. The Morgan fingerprint density at radius 2 is 2.24 bits per heavy atom. The number of halogens is 2. The van der Waals surface area contributed by atoms with Crippen LogP contribution in [0.3, 0.4) is 0 Å². The van der Waals surface area contributed by atoms with E-state index in [1.807, 2.05) is 6.92 Å². The van der Waals surface area contributed by atoms with Crippen molar-refractivity contribution < 1.29 is 18.3 Å². The van der Waals surface area contributed by atoms with Crippen LogP contribution in [0, 0.1) is 6.92 Å². The van der Waals surface area contributed by atoms with Gasteiger partial charge in [0.25, 0.3) is 12.3 Å². The molecule has 1 N–H and O–H groups in total. The first-order valence-electron chi connectivity index (χ1n) is 8.04. The normalized spacial score (nSPS) is 16.4. The van der Waals surface area contributed by atoms with Crippen LogP contribution in [0.2, 0.25) is 0 Å². The Balaban J connectivity index is 1.72. The highest BCUT2D eigenvalue weighted by Gasteiger charge is 2.24. The van der Waals surface area contributed by atoms with Gasteiger partial charge < -0.3 is 10.1 Å². The first-order chi connectivity index (χ1) is 12.0. The van der Waals surface area contributed by atoms with Gasteiger partial charge in [0.15, 0.2) is 6.61 Å². The summed E-state index contributed by atoms with van der Waals surface area (Å²) in [7, 11) is 0. The van der Waals surface area contributed by atoms with Crippen LogP contribution in [0.15, 0.2) is 24.4 Å². The van der Waals surface area contributed by atoms with Gasteiger partial charge in [0.2, 0.25) is 5.88 Å². The van der Waals surface area contributed by atoms with E-state index in [0.29, 0.717) is 5.82 Å². The van der Waals surface area contributed by atoms with E-state index in [4.69, 9.17) is 4.74 Å². The molecule has 0 bridgehead atoms. The molecule has 0 spiro atoms. The first kappa shape index (κ1) is 17.2. The molecular weight excluding hydrogens is 330 g/mol. The molecule has 2 heterocycles. The van der Waals surface area contributed by atoms with E-state index in [-0.39, 0.29) is 23.5 Å². The Bertz CT molecular complexity index is 770. The molecule has 2 aromatic heterocycles. The number of alkyl halides is 2. The van der Waals surface area contributed by atoms with Crippen LogP contribution in [0.4, 0.5) is 8.78 Å². The number of pyridine rings is 1. The minimum absolute atomic E-state index is 0.00375. The van der Waals surface area contributed by atoms with Crippen molar-refractivity contribution >= 4 is 5.91 Å². The number of hydrogen-bond donors (Lipinski definition) is 1. The van der Waals surface area contributed by atoms with Gasteiger partial charge in [-0.15, -0.1) is 0 Å². The fraction of sp³-hybridized carbons (Fsp3) is 0.412. The van der Waals surface area contributed by atoms with E-state index in [1.165, 1.54) is 12.1 Å². The number of fused-ring (bicyclic) bond motifs is 1. The summed E-state index contributed by atoms with van der Waals surface area (Å²) >= 11 is 0. The number of carbonyl (C=O) groups is 1. The molecule has 0 saturated heterocycles. The molecule has 132 valence electrons. The minimum Gasteiger partial charge on any atom is -0.472 e. The largest absolute Gasteiger partial charge is 0.472 e. The van der Waals surface area contributed by atoms with Gasteiger partial charge in [-0.1, -0.05) is 6.07 Å². The number of hydrogen-bond acceptors (Lipinski definition) is 5. The molecule has 25 heavy (non-hydrogen) atoms. The van der Waals surface area contributed by atoms with Crippen molar-refractivity contribution in [3.05, 3.63) is 47.2 Å². The zero-order valence-electron chi connectivity index (χ0n) is 13.7. The van der Waals surface area contributed by atoms with E-state index >= 15 is 0 Å². The van der Waals surface area contributed by atoms with Gasteiger partial charge in [0, 0.05) is 23.5 Å². The lowest BCUT2D eigenvalue weighted by molar-refractivity contribution is 0.0792. The third kappa shape index (κ3) is 4.26. The van der Waals surface area contributed by atoms with Crippen LogP contribution in [0.25, 0.3) is 0 Å². The maximum absolute atomic E-state index is 12.5. The first-order valence-corrected chi connectivity index (χ1v) is 8.04. The number of nitrogens with zero attached hydrogens (tertiary/aromatic N) is 3. The van der Waals surface area contributed by atoms with Gasteiger partial charge >= 0.3 is 0 Å². The van der Waals surface area contributed by atoms with Gasteiger partial charge in [-0.2, -0.15) is 0 Å². The number of nitrogens with one attached hydrogen (secondary N) is 1. The molecule has 0 aromatic carbocycles. The van der Waals surface area contributed by atoms with Gasteiger partial charge in [-0.05, 0) is 32.3 Å². The molecule has 6 nitrogen and oxygen atoms in total. The molecule has 1 aliphatic rings. The van der Waals surface area contributed by atoms with Crippen LogP contribution >= 0.6 is 0 Å². The molecule has 3 rings (SSSR count). The summed E-state index contributed by atoms with van der Waals surface area (Å²) in [6.07, 6.45) is 1.71. The summed E-state index contributed by atoms with van der Waals surface area (Å²) in [6, 6.07) is 4.31. The SMILES string of the molecule is Cc1ncc2c(n1)CCC[C@@H]2NC(=O)c1cccc(OCC(F)F)n1. The van der Waals surface area contributed by atoms with Crippen LogP contribution < -0.4 is 10.1 Å². The molecule has 0 fully saturated rings. The number of aryl methyl sites for hydroxylation is 2. The number of rotatable bonds is 5. The van der Waals surface area contributed by atoms with Crippen LogP contribution in [0.5, 0.6) is 5.88 Å². The Labute approximate surface area is 143 Å². The third-order valence-electron chi connectivity index (χ3n) is 3.92. The minimum atomic E-state index is -2.60. The van der Waals surface area contributed by atoms with E-state index in [1.54, 1.807) is 12.3 Å². The second-order valence-electron chi connectivity index (χ2n) is 5.80. The summed E-state index contributed by atoms with van der Waals surface area (Å²) in [4.78, 5) is 25.1. The molecule has 0 radical (unpaired) electrons. The van der Waals surface area contributed by atoms with E-state index < -0.39 is 13.0 Å². The van der Waals surface area contributed by atoms with E-state index in [9.17, 15) is 13.6 Å². The molecular formula is C17H18F2N4O2. The summed E-state index contributed by atoms with van der Waals surface area (Å²) in [6.45, 7) is 1.07. The summed E-state index contributed by atoms with van der Waals surface area (Å²) in [5, 5.41) is 2.92. The number of aromatic nitrogens is 3. The lowest BCUT2D eigenvalue weighted by Gasteiger charge is -2.25. The highest BCUT2D eigenvalue weighted by atomic mass is 19.3. The maximum atomic E-state index is 12.5. The lowest BCUT2D eigenvalue weighted by Crippen LogP contribution is -2.32. The summed E-state index contributed by atoms with van der Waals surface area (Å²) in [5.41, 5.74) is 1.98. The molecule has 2 aromatic rings. The Kier molecular flexibility index (Phi) is 5.16. The van der Waals surface area contributed by atoms with Crippen LogP contribution in [-0.4, -0.2) is 33.9 Å². The quantitative estimate of drug-likeness (QED) is 0.899. The zero-order valence-corrected chi connectivity index (χ0v) is 13.7. The average molecular weight is 348 g/mol. The topological polar surface area (TPSA) is 77.0 Å². The highest BCUT2D eigenvalue weighted by molar-refractivity contribution is 5.92. The Morgan fingerprint density at radius 1 is 1.40 bits per heavy atom. The smallest absolute Gasteiger partial charge is 0.272 e. The third-order valence-corrected chi connectivity index (χ3v) is 3.92. The maximum Gasteiger partial charge on any atom is 0.272 e. The van der Waals surface area contributed by atoms with Crippen molar-refractivity contribution in [2.75, 3.05) is 6.61 Å². The van der Waals surface area contributed by atoms with Crippen LogP contribution in [0.1, 0.15) is 46.5 Å². The van der Waals surface area contributed by atoms with Crippen molar-refractivity contribution in [3.63, 3.8) is 0 Å². The number of carbonyl (C=O) groups excluding carboxylic acids is 1. The van der Waals surface area contributed by atoms with Crippen molar-refractivity contribution in [2.24, 2.45) is 0 Å². The lowest BCUT2D eigenvalue weighted by atomic mass is 9.92. The monoisotopic (exact) mass is 348 g/mol. The molecule has 1 amide bonds. The molecule has 8 heteroatoms. The predicted molar refractivity (Wildman–Crippen MR) is 85.7 cm³/mol. The predicted octanol–water partition coefficient (Wildman–Crippen LogP) is 2.63. The molecule has 1 atom stereocenters. The second kappa shape index (κ2) is 7.50. The number of amides is 1. The number of ether oxygens (including phenoxy) is 1. The van der Waals surface area contributed by atoms with Crippen molar-refractivity contribution in [3.8, 4) is 5.88 Å². The van der Waals surface area contributed by atoms with Gasteiger partial charge in [-0.3, -0.25) is 4.79 Å². The Morgan fingerprint density at radius 3 is 3.04 bits per heavy atom. The fourth-order valence-electron chi connectivity index (χ4n) is 2.80. The molecule has 0 aliphatic heterocycles. The van der Waals surface area contributed by atoms with Crippen molar-refractivity contribution in [1.29, 1.82) is 0 Å². The van der Waals surface area contributed by atoms with E-state index in [2.05, 4.69) is 20.3 Å². The van der Waals surface area contributed by atoms with Gasteiger partial charge in [0.1, 0.15) is 11.5 Å². The standard InChI is InChI=1S/C17H18F2N4O2/c1-10-20-8-11-12(21-10)4-2-5-13(11)23-17(24)14-6-3-7-16(22-14)25-9-15(18)19/h3,6-8,13,15H,2,4-5,9H2,1H3,(H,23,24)/t13-/m0/s1. The zero-order chi connectivity index (χ0) is 17.8. The molecule has 0 saturated carbocycles. The summed E-state index contributed by atoms with van der Waals surface area (Å²) in [5.74, 6) is 0.313. The van der Waals surface area contributed by atoms with Gasteiger partial charge in [0.05, 0.1) is 6.04 Å². The Hall–Kier alpha value is -2.64. The summed E-state index contributed by atoms with van der Waals surface area (Å²) < 4.78 is 29.3. The molecule has 1 aliphatic carbocycles. The average Bonchev–Trinajstić information content (AvgIpc) is 2.60. The molecule has 0 unspecified atom stereocenters. The van der Waals surface area contributed by atoms with Gasteiger partial charge in [-0.25, -0.2) is 23.7 Å². The van der Waals surface area contributed by atoms with E-state index in [0.717, 1.165) is 30.5 Å². The highest BCUT2D eigenvalue weighted by Crippen LogP contribution is 2.28. The van der Waals surface area contributed by atoms with Crippen molar-refractivity contribution in [1.82, 2.24) is 20.3 Å². The van der Waals surface area contributed by atoms with Crippen LogP contribution in [-0.2, 0) is 6.42 Å². The van der Waals surface area contributed by atoms with Crippen molar-refractivity contribution in [2.45, 2.75) is 38.7 Å².